The number of halogens is 2. The van der Waals surface area contributed by atoms with Gasteiger partial charge in [-0.25, -0.2) is 4.39 Å². The standard InChI is InChI=1S/C18H21ClFN3O/c1-13-17-7-4-8-22(17)9-10-23(13)12-18(24)21(2)11-14-15(19)5-3-6-16(14)20/h3-8,13H,9-12H2,1-2H3/t13-/m1/s1. The van der Waals surface area contributed by atoms with Crippen molar-refractivity contribution in [2.45, 2.75) is 26.1 Å². The van der Waals surface area contributed by atoms with Gasteiger partial charge in [-0.2, -0.15) is 0 Å². The summed E-state index contributed by atoms with van der Waals surface area (Å²) in [5, 5.41) is 0.346. The van der Waals surface area contributed by atoms with E-state index >= 15 is 0 Å². The van der Waals surface area contributed by atoms with E-state index in [1.165, 1.54) is 16.7 Å². The van der Waals surface area contributed by atoms with Crippen LogP contribution in [0.1, 0.15) is 24.2 Å². The van der Waals surface area contributed by atoms with Crippen LogP contribution in [-0.4, -0.2) is 40.4 Å². The summed E-state index contributed by atoms with van der Waals surface area (Å²) in [6, 6.07) is 8.86. The van der Waals surface area contributed by atoms with Crippen LogP contribution in [0.25, 0.3) is 0 Å². The van der Waals surface area contributed by atoms with E-state index in [9.17, 15) is 9.18 Å². The zero-order valence-corrected chi connectivity index (χ0v) is 14.6. The lowest BCUT2D eigenvalue weighted by Gasteiger charge is -2.35. The predicted octanol–water partition coefficient (Wildman–Crippen LogP) is 3.32. The second-order valence-electron chi connectivity index (χ2n) is 6.22. The first kappa shape index (κ1) is 17.0. The molecule has 3 rings (SSSR count). The van der Waals surface area contributed by atoms with E-state index in [4.69, 9.17) is 11.6 Å². The molecular weight excluding hydrogens is 329 g/mol. The van der Waals surface area contributed by atoms with Gasteiger partial charge in [0.25, 0.3) is 0 Å². The van der Waals surface area contributed by atoms with Crippen molar-refractivity contribution < 1.29 is 9.18 Å². The smallest absolute Gasteiger partial charge is 0.236 e. The molecule has 1 aliphatic rings. The number of rotatable bonds is 4. The van der Waals surface area contributed by atoms with Gasteiger partial charge in [-0.05, 0) is 31.2 Å². The largest absolute Gasteiger partial charge is 0.349 e. The first-order chi connectivity index (χ1) is 11.5. The fourth-order valence-corrected chi connectivity index (χ4v) is 3.37. The highest BCUT2D eigenvalue weighted by Gasteiger charge is 2.26. The van der Waals surface area contributed by atoms with Crippen LogP contribution in [0.4, 0.5) is 4.39 Å². The number of hydrogen-bond acceptors (Lipinski definition) is 2. The summed E-state index contributed by atoms with van der Waals surface area (Å²) in [7, 11) is 1.68. The fourth-order valence-electron chi connectivity index (χ4n) is 3.15. The molecular formula is C18H21ClFN3O. The normalized spacial score (nSPS) is 17.6. The van der Waals surface area contributed by atoms with Crippen LogP contribution in [0.2, 0.25) is 5.02 Å². The molecule has 0 spiro atoms. The van der Waals surface area contributed by atoms with E-state index in [0.29, 0.717) is 17.1 Å². The van der Waals surface area contributed by atoms with Gasteiger partial charge in [0, 0.05) is 55.2 Å². The number of amides is 1. The Labute approximate surface area is 146 Å². The van der Waals surface area contributed by atoms with Crippen LogP contribution >= 0.6 is 11.6 Å². The first-order valence-corrected chi connectivity index (χ1v) is 8.41. The summed E-state index contributed by atoms with van der Waals surface area (Å²) < 4.78 is 16.1. The molecule has 0 aliphatic carbocycles. The third-order valence-electron chi connectivity index (χ3n) is 4.69. The first-order valence-electron chi connectivity index (χ1n) is 8.03. The van der Waals surface area contributed by atoms with Crippen LogP contribution in [-0.2, 0) is 17.9 Å². The Hall–Kier alpha value is -1.85. The Bertz CT molecular complexity index is 725. The molecule has 0 radical (unpaired) electrons. The molecule has 1 aromatic heterocycles. The van der Waals surface area contributed by atoms with E-state index in [1.807, 2.05) is 6.07 Å². The van der Waals surface area contributed by atoms with Gasteiger partial charge in [0.15, 0.2) is 0 Å². The van der Waals surface area contributed by atoms with Gasteiger partial charge < -0.3 is 9.47 Å². The fraction of sp³-hybridized carbons (Fsp3) is 0.389. The number of fused-ring (bicyclic) bond motifs is 1. The van der Waals surface area contributed by atoms with Crippen LogP contribution in [0.5, 0.6) is 0 Å². The van der Waals surface area contributed by atoms with Gasteiger partial charge in [0.1, 0.15) is 5.82 Å². The average molecular weight is 350 g/mol. The van der Waals surface area contributed by atoms with Gasteiger partial charge in [0.05, 0.1) is 6.54 Å². The average Bonchev–Trinajstić information content (AvgIpc) is 3.03. The summed E-state index contributed by atoms with van der Waals surface area (Å²) in [6.07, 6.45) is 2.07. The Morgan fingerprint density at radius 2 is 2.12 bits per heavy atom. The maximum Gasteiger partial charge on any atom is 0.236 e. The summed E-state index contributed by atoms with van der Waals surface area (Å²) in [5.41, 5.74) is 1.57. The van der Waals surface area contributed by atoms with E-state index < -0.39 is 0 Å². The highest BCUT2D eigenvalue weighted by atomic mass is 35.5. The molecule has 0 N–H and O–H groups in total. The van der Waals surface area contributed by atoms with Crippen molar-refractivity contribution in [2.24, 2.45) is 0 Å². The molecule has 2 heterocycles. The topological polar surface area (TPSA) is 28.5 Å². The lowest BCUT2D eigenvalue weighted by molar-refractivity contribution is -0.132. The highest BCUT2D eigenvalue weighted by molar-refractivity contribution is 6.31. The van der Waals surface area contributed by atoms with Gasteiger partial charge in [-0.1, -0.05) is 17.7 Å². The van der Waals surface area contributed by atoms with Crippen molar-refractivity contribution in [3.63, 3.8) is 0 Å². The van der Waals surface area contributed by atoms with Crippen LogP contribution in [0.15, 0.2) is 36.5 Å². The maximum absolute atomic E-state index is 13.9. The van der Waals surface area contributed by atoms with Gasteiger partial charge in [0.2, 0.25) is 5.91 Å². The monoisotopic (exact) mass is 349 g/mol. The van der Waals surface area contributed by atoms with Gasteiger partial charge >= 0.3 is 0 Å². The number of likely N-dealkylation sites (N-methyl/N-ethyl adjacent to an activating group) is 1. The third-order valence-corrected chi connectivity index (χ3v) is 5.04. The van der Waals surface area contributed by atoms with Crippen molar-refractivity contribution in [3.05, 3.63) is 58.6 Å². The summed E-state index contributed by atoms with van der Waals surface area (Å²) >= 11 is 6.05. The van der Waals surface area contributed by atoms with Crippen molar-refractivity contribution in [1.29, 1.82) is 0 Å². The minimum atomic E-state index is -0.383. The Morgan fingerprint density at radius 1 is 1.33 bits per heavy atom. The SMILES string of the molecule is C[C@@H]1c2cccn2CCN1CC(=O)N(C)Cc1c(F)cccc1Cl. The van der Waals surface area contributed by atoms with Crippen molar-refractivity contribution in [1.82, 2.24) is 14.4 Å². The number of hydrogen-bond donors (Lipinski definition) is 0. The Balaban J connectivity index is 1.65. The van der Waals surface area contributed by atoms with E-state index in [1.54, 1.807) is 19.2 Å². The van der Waals surface area contributed by atoms with Crippen molar-refractivity contribution in [3.8, 4) is 0 Å². The lowest BCUT2D eigenvalue weighted by atomic mass is 10.1. The van der Waals surface area contributed by atoms with Gasteiger partial charge in [-0.3, -0.25) is 9.69 Å². The number of carbonyl (C=O) groups is 1. The van der Waals surface area contributed by atoms with E-state index in [2.05, 4.69) is 28.7 Å². The number of nitrogens with zero attached hydrogens (tertiary/aromatic N) is 3. The second kappa shape index (κ2) is 6.95. The molecule has 128 valence electrons. The zero-order valence-electron chi connectivity index (χ0n) is 13.9. The van der Waals surface area contributed by atoms with Crippen LogP contribution < -0.4 is 0 Å². The third kappa shape index (κ3) is 3.32. The van der Waals surface area contributed by atoms with E-state index in [-0.39, 0.29) is 24.3 Å². The van der Waals surface area contributed by atoms with Crippen molar-refractivity contribution >= 4 is 17.5 Å². The van der Waals surface area contributed by atoms with Crippen LogP contribution in [0, 0.1) is 5.82 Å². The molecule has 1 atom stereocenters. The molecule has 0 fully saturated rings. The molecule has 6 heteroatoms. The molecule has 1 aromatic carbocycles. The Kier molecular flexibility index (Phi) is 4.92. The summed E-state index contributed by atoms with van der Waals surface area (Å²) in [5.74, 6) is -0.424. The molecule has 1 aliphatic heterocycles. The number of carbonyl (C=O) groups excluding carboxylic acids is 1. The number of aromatic nitrogens is 1. The maximum atomic E-state index is 13.9. The predicted molar refractivity (Wildman–Crippen MR) is 92.3 cm³/mol. The van der Waals surface area contributed by atoms with Crippen molar-refractivity contribution in [2.75, 3.05) is 20.1 Å². The number of benzene rings is 1. The molecule has 0 saturated carbocycles. The second-order valence-corrected chi connectivity index (χ2v) is 6.63. The molecule has 0 bridgehead atoms. The minimum absolute atomic E-state index is 0.0406. The van der Waals surface area contributed by atoms with Crippen LogP contribution in [0.3, 0.4) is 0 Å². The zero-order chi connectivity index (χ0) is 17.3. The molecule has 24 heavy (non-hydrogen) atoms. The molecule has 0 saturated heterocycles. The van der Waals surface area contributed by atoms with E-state index in [0.717, 1.165) is 13.1 Å². The Morgan fingerprint density at radius 3 is 2.88 bits per heavy atom. The lowest BCUT2D eigenvalue weighted by Crippen LogP contribution is -2.43. The molecule has 4 nitrogen and oxygen atoms in total. The highest BCUT2D eigenvalue weighted by Crippen LogP contribution is 2.25. The molecule has 0 unspecified atom stereocenters. The van der Waals surface area contributed by atoms with Gasteiger partial charge in [-0.15, -0.1) is 0 Å². The summed E-state index contributed by atoms with van der Waals surface area (Å²) in [6.45, 7) is 4.29. The molecule has 1 amide bonds. The quantitative estimate of drug-likeness (QED) is 0.847. The summed E-state index contributed by atoms with van der Waals surface area (Å²) in [4.78, 5) is 16.2. The molecule has 2 aromatic rings. The minimum Gasteiger partial charge on any atom is -0.349 e.